The monoisotopic (exact) mass is 431 g/mol. The predicted octanol–water partition coefficient (Wildman–Crippen LogP) is 3.06. The molecule has 1 amide bonds. The van der Waals surface area contributed by atoms with Crippen LogP contribution >= 0.6 is 11.3 Å². The van der Waals surface area contributed by atoms with Gasteiger partial charge in [-0.05, 0) is 44.9 Å². The summed E-state index contributed by atoms with van der Waals surface area (Å²) >= 11 is 1.33. The molecule has 1 aromatic heterocycles. The number of carbonyl (C=O) groups excluding carboxylic acids is 2. The molecule has 3 N–H and O–H groups in total. The Balaban J connectivity index is 1.87. The summed E-state index contributed by atoms with van der Waals surface area (Å²) in [7, 11) is 1.71. The van der Waals surface area contributed by atoms with Crippen molar-refractivity contribution in [2.45, 2.75) is 40.2 Å². The number of aryl methyl sites for hydroxylation is 1. The number of anilines is 1. The molecule has 0 aliphatic heterocycles. The highest BCUT2D eigenvalue weighted by Gasteiger charge is 2.20. The summed E-state index contributed by atoms with van der Waals surface area (Å²) in [5, 5.41) is 10.1. The minimum Gasteiger partial charge on any atom is -0.462 e. The Bertz CT molecular complexity index is 893. The van der Waals surface area contributed by atoms with Gasteiger partial charge in [0, 0.05) is 26.2 Å². The molecule has 9 heteroatoms. The van der Waals surface area contributed by atoms with Gasteiger partial charge < -0.3 is 20.7 Å². The molecule has 2 aromatic rings. The maximum atomic E-state index is 12.0. The second-order valence-electron chi connectivity index (χ2n) is 6.68. The lowest BCUT2D eigenvalue weighted by Crippen LogP contribution is -2.39. The van der Waals surface area contributed by atoms with Gasteiger partial charge in [0.1, 0.15) is 9.88 Å². The zero-order valence-corrected chi connectivity index (χ0v) is 18.9. The smallest absolute Gasteiger partial charge is 0.350 e. The van der Waals surface area contributed by atoms with E-state index in [-0.39, 0.29) is 17.9 Å². The van der Waals surface area contributed by atoms with E-state index in [4.69, 9.17) is 4.74 Å². The maximum absolute atomic E-state index is 12.0. The van der Waals surface area contributed by atoms with Gasteiger partial charge in [0.15, 0.2) is 5.96 Å². The van der Waals surface area contributed by atoms with Crippen molar-refractivity contribution in [3.63, 3.8) is 0 Å². The van der Waals surface area contributed by atoms with Crippen LogP contribution in [0.5, 0.6) is 0 Å². The molecule has 0 radical (unpaired) electrons. The van der Waals surface area contributed by atoms with Crippen LogP contribution in [-0.2, 0) is 16.0 Å². The maximum Gasteiger partial charge on any atom is 0.350 e. The van der Waals surface area contributed by atoms with Crippen LogP contribution in [-0.4, -0.2) is 43.0 Å². The number of aliphatic imine (C=N–C) groups is 1. The standard InChI is InChI=1S/C21H29N5O3S/c1-6-29-20(28)18-13(2)24-19(30-18)14(3)25-21(22-5)23-12-11-16-7-9-17(10-8-16)26-15(4)27/h7-10,14H,6,11-12H2,1-5H3,(H,26,27)(H2,22,23,25). The first-order valence-corrected chi connectivity index (χ1v) is 10.6. The third-order valence-electron chi connectivity index (χ3n) is 4.20. The quantitative estimate of drug-likeness (QED) is 0.337. The number of rotatable bonds is 8. The van der Waals surface area contributed by atoms with Gasteiger partial charge in [0.25, 0.3) is 0 Å². The first-order valence-electron chi connectivity index (χ1n) is 9.82. The summed E-state index contributed by atoms with van der Waals surface area (Å²) in [6.07, 6.45) is 0.804. The van der Waals surface area contributed by atoms with Crippen molar-refractivity contribution < 1.29 is 14.3 Å². The number of esters is 1. The topological polar surface area (TPSA) is 105 Å². The van der Waals surface area contributed by atoms with Crippen LogP contribution in [0.3, 0.4) is 0 Å². The molecule has 0 bridgehead atoms. The summed E-state index contributed by atoms with van der Waals surface area (Å²) < 4.78 is 5.08. The van der Waals surface area contributed by atoms with Gasteiger partial charge in [-0.2, -0.15) is 0 Å². The molecule has 0 spiro atoms. The molecule has 0 saturated carbocycles. The number of carbonyl (C=O) groups is 2. The molecule has 8 nitrogen and oxygen atoms in total. The van der Waals surface area contributed by atoms with Crippen molar-refractivity contribution >= 4 is 34.9 Å². The van der Waals surface area contributed by atoms with Crippen molar-refractivity contribution in [2.75, 3.05) is 25.5 Å². The minimum absolute atomic E-state index is 0.0850. The zero-order valence-electron chi connectivity index (χ0n) is 18.0. The van der Waals surface area contributed by atoms with Gasteiger partial charge in [-0.3, -0.25) is 9.79 Å². The number of guanidine groups is 1. The van der Waals surface area contributed by atoms with Crippen molar-refractivity contribution in [3.05, 3.63) is 45.4 Å². The molecule has 1 aromatic carbocycles. The highest BCUT2D eigenvalue weighted by molar-refractivity contribution is 7.13. The van der Waals surface area contributed by atoms with Crippen LogP contribution in [0.2, 0.25) is 0 Å². The zero-order chi connectivity index (χ0) is 22.1. The summed E-state index contributed by atoms with van der Waals surface area (Å²) in [4.78, 5) is 32.4. The van der Waals surface area contributed by atoms with Gasteiger partial charge >= 0.3 is 5.97 Å². The number of ether oxygens (including phenoxy) is 1. The number of amides is 1. The number of nitrogens with zero attached hydrogens (tertiary/aromatic N) is 2. The van der Waals surface area contributed by atoms with Crippen molar-refractivity contribution in [3.8, 4) is 0 Å². The predicted molar refractivity (Wildman–Crippen MR) is 120 cm³/mol. The van der Waals surface area contributed by atoms with E-state index in [2.05, 4.69) is 25.9 Å². The summed E-state index contributed by atoms with van der Waals surface area (Å²) in [5.41, 5.74) is 2.61. The van der Waals surface area contributed by atoms with Crippen LogP contribution in [0.4, 0.5) is 5.69 Å². The lowest BCUT2D eigenvalue weighted by atomic mass is 10.1. The molecule has 0 fully saturated rings. The normalized spacial score (nSPS) is 12.2. The number of aromatic nitrogens is 1. The third kappa shape index (κ3) is 6.84. The van der Waals surface area contributed by atoms with Gasteiger partial charge in [-0.25, -0.2) is 9.78 Å². The van der Waals surface area contributed by atoms with E-state index in [1.165, 1.54) is 18.3 Å². The highest BCUT2D eigenvalue weighted by atomic mass is 32.1. The Hall–Kier alpha value is -2.94. The number of benzene rings is 1. The van der Waals surface area contributed by atoms with E-state index >= 15 is 0 Å². The number of hydrogen-bond acceptors (Lipinski definition) is 6. The third-order valence-corrected chi connectivity index (χ3v) is 5.52. The van der Waals surface area contributed by atoms with Crippen LogP contribution in [0.15, 0.2) is 29.3 Å². The van der Waals surface area contributed by atoms with E-state index in [0.717, 1.165) is 22.7 Å². The van der Waals surface area contributed by atoms with E-state index in [9.17, 15) is 9.59 Å². The van der Waals surface area contributed by atoms with Gasteiger partial charge in [0.05, 0.1) is 18.3 Å². The average molecular weight is 432 g/mol. The highest BCUT2D eigenvalue weighted by Crippen LogP contribution is 2.24. The molecule has 0 aliphatic rings. The van der Waals surface area contributed by atoms with E-state index in [0.29, 0.717) is 29.7 Å². The second-order valence-corrected chi connectivity index (χ2v) is 7.71. The van der Waals surface area contributed by atoms with Gasteiger partial charge in [-0.15, -0.1) is 11.3 Å². The fourth-order valence-corrected chi connectivity index (χ4v) is 3.70. The lowest BCUT2D eigenvalue weighted by Gasteiger charge is -2.16. The van der Waals surface area contributed by atoms with Crippen molar-refractivity contribution in [1.29, 1.82) is 0 Å². The minimum atomic E-state index is -0.335. The van der Waals surface area contributed by atoms with E-state index < -0.39 is 0 Å². The number of hydrogen-bond donors (Lipinski definition) is 3. The molecular formula is C21H29N5O3S. The molecule has 0 saturated heterocycles. The molecule has 2 rings (SSSR count). The summed E-state index contributed by atoms with van der Waals surface area (Å²) in [6.45, 7) is 8.08. The Morgan fingerprint density at radius 3 is 2.57 bits per heavy atom. The molecule has 1 unspecified atom stereocenters. The number of nitrogens with one attached hydrogen (secondary N) is 3. The van der Waals surface area contributed by atoms with E-state index in [1.807, 2.05) is 38.1 Å². The molecular weight excluding hydrogens is 402 g/mol. The number of thiazole rings is 1. The molecule has 1 heterocycles. The average Bonchev–Trinajstić information content (AvgIpc) is 3.10. The van der Waals surface area contributed by atoms with Gasteiger partial charge in [0.2, 0.25) is 5.91 Å². The van der Waals surface area contributed by atoms with Crippen molar-refractivity contribution in [2.24, 2.45) is 4.99 Å². The molecule has 162 valence electrons. The molecule has 30 heavy (non-hydrogen) atoms. The Kier molecular flexibility index (Phi) is 8.79. The van der Waals surface area contributed by atoms with Crippen LogP contribution in [0.25, 0.3) is 0 Å². The second kappa shape index (κ2) is 11.3. The van der Waals surface area contributed by atoms with Gasteiger partial charge in [-0.1, -0.05) is 12.1 Å². The first kappa shape index (κ1) is 23.3. The Morgan fingerprint density at radius 1 is 1.27 bits per heavy atom. The molecule has 0 aliphatic carbocycles. The van der Waals surface area contributed by atoms with Crippen LogP contribution < -0.4 is 16.0 Å². The fraction of sp³-hybridized carbons (Fsp3) is 0.429. The van der Waals surface area contributed by atoms with Crippen molar-refractivity contribution in [1.82, 2.24) is 15.6 Å². The Labute approximate surface area is 181 Å². The SMILES string of the molecule is CCOC(=O)c1sc(C(C)NC(=NC)NCCc2ccc(NC(C)=O)cc2)nc1C. The first-order chi connectivity index (χ1) is 14.3. The van der Waals surface area contributed by atoms with E-state index in [1.54, 1.807) is 14.0 Å². The molecule has 1 atom stereocenters. The summed E-state index contributed by atoms with van der Waals surface area (Å²) in [6, 6.07) is 7.64. The van der Waals surface area contributed by atoms with Crippen LogP contribution in [0, 0.1) is 6.92 Å². The lowest BCUT2D eigenvalue weighted by molar-refractivity contribution is -0.114. The summed E-state index contributed by atoms with van der Waals surface area (Å²) in [5.74, 6) is 0.235. The fourth-order valence-electron chi connectivity index (χ4n) is 2.73. The Morgan fingerprint density at radius 2 is 1.97 bits per heavy atom. The van der Waals surface area contributed by atoms with Crippen LogP contribution in [0.1, 0.15) is 52.7 Å². The largest absolute Gasteiger partial charge is 0.462 e.